The van der Waals surface area contributed by atoms with Crippen molar-refractivity contribution >= 4 is 34.1 Å². The number of rotatable bonds is 2. The second kappa shape index (κ2) is 4.69. The van der Waals surface area contributed by atoms with Gasteiger partial charge in [0.05, 0.1) is 10.5 Å². The zero-order chi connectivity index (χ0) is 13.5. The molecule has 2 aromatic rings. The molecule has 4 heteroatoms. The van der Waals surface area contributed by atoms with Crippen LogP contribution in [-0.4, -0.2) is 10.5 Å². The fourth-order valence-electron chi connectivity index (χ4n) is 2.10. The molecule has 0 aliphatic carbocycles. The number of nitrogens with two attached hydrogens (primary N) is 1. The molecule has 0 aliphatic rings. The molecule has 2 N–H and O–H groups in total. The Morgan fingerprint density at radius 1 is 1.22 bits per heavy atom. The van der Waals surface area contributed by atoms with Gasteiger partial charge in [-0.25, -0.2) is 0 Å². The van der Waals surface area contributed by atoms with Crippen molar-refractivity contribution in [2.75, 3.05) is 0 Å². The lowest BCUT2D eigenvalue weighted by Crippen LogP contribution is -2.34. The van der Waals surface area contributed by atoms with E-state index >= 15 is 0 Å². The number of hydrogen-bond acceptors (Lipinski definition) is 2. The summed E-state index contributed by atoms with van der Waals surface area (Å²) >= 11 is 12.3. The first-order chi connectivity index (χ1) is 8.26. The van der Waals surface area contributed by atoms with Crippen molar-refractivity contribution in [2.24, 2.45) is 5.73 Å². The number of pyridine rings is 1. The molecule has 1 heterocycles. The number of fused-ring (bicyclic) bond motifs is 1. The van der Waals surface area contributed by atoms with E-state index in [4.69, 9.17) is 28.9 Å². The summed E-state index contributed by atoms with van der Waals surface area (Å²) in [4.78, 5) is 4.48. The fourth-order valence-corrected chi connectivity index (χ4v) is 2.64. The molecular formula is C14H16Cl2N2. The first-order valence-corrected chi connectivity index (χ1v) is 6.56. The molecule has 0 atom stereocenters. The van der Waals surface area contributed by atoms with Crippen LogP contribution in [0.4, 0.5) is 0 Å². The van der Waals surface area contributed by atoms with Crippen LogP contribution in [0.3, 0.4) is 0 Å². The highest BCUT2D eigenvalue weighted by atomic mass is 35.5. The van der Waals surface area contributed by atoms with E-state index < -0.39 is 0 Å². The zero-order valence-electron chi connectivity index (χ0n) is 10.7. The van der Waals surface area contributed by atoms with Crippen molar-refractivity contribution in [1.82, 2.24) is 4.98 Å². The number of benzene rings is 1. The molecule has 0 aliphatic heterocycles. The van der Waals surface area contributed by atoms with Gasteiger partial charge in [-0.15, -0.1) is 0 Å². The van der Waals surface area contributed by atoms with E-state index in [1.54, 1.807) is 6.07 Å². The van der Waals surface area contributed by atoms with Gasteiger partial charge in [0.1, 0.15) is 0 Å². The minimum atomic E-state index is -0.282. The predicted octanol–water partition coefficient (Wildman–Crippen LogP) is 4.13. The molecule has 18 heavy (non-hydrogen) atoms. The van der Waals surface area contributed by atoms with Crippen LogP contribution in [0.25, 0.3) is 10.9 Å². The van der Waals surface area contributed by atoms with Crippen LogP contribution in [0.15, 0.2) is 18.2 Å². The number of halogens is 2. The summed E-state index contributed by atoms with van der Waals surface area (Å²) in [6.45, 7) is 5.96. The van der Waals surface area contributed by atoms with Crippen LogP contribution in [0.5, 0.6) is 0 Å². The van der Waals surface area contributed by atoms with Crippen molar-refractivity contribution < 1.29 is 0 Å². The van der Waals surface area contributed by atoms with E-state index in [9.17, 15) is 0 Å². The van der Waals surface area contributed by atoms with Crippen LogP contribution in [0.2, 0.25) is 10.0 Å². The standard InChI is InChI=1S/C14H16Cl2N2/c1-8-4-9(7-14(2,3)17)11-5-10(15)6-12(16)13(11)18-8/h4-6H,7,17H2,1-3H3. The van der Waals surface area contributed by atoms with E-state index in [-0.39, 0.29) is 5.54 Å². The number of nitrogens with zero attached hydrogens (tertiary/aromatic N) is 1. The summed E-state index contributed by atoms with van der Waals surface area (Å²) < 4.78 is 0. The van der Waals surface area contributed by atoms with Gasteiger partial charge in [0, 0.05) is 21.6 Å². The predicted molar refractivity (Wildman–Crippen MR) is 78.5 cm³/mol. The minimum absolute atomic E-state index is 0.282. The van der Waals surface area contributed by atoms with E-state index in [2.05, 4.69) is 4.98 Å². The van der Waals surface area contributed by atoms with Gasteiger partial charge in [0.15, 0.2) is 0 Å². The molecule has 2 rings (SSSR count). The summed E-state index contributed by atoms with van der Waals surface area (Å²) in [6, 6.07) is 5.66. The topological polar surface area (TPSA) is 38.9 Å². The smallest absolute Gasteiger partial charge is 0.0895 e. The highest BCUT2D eigenvalue weighted by molar-refractivity contribution is 6.38. The Kier molecular flexibility index (Phi) is 3.54. The lowest BCUT2D eigenvalue weighted by Gasteiger charge is -2.20. The van der Waals surface area contributed by atoms with Crippen LogP contribution in [0, 0.1) is 6.92 Å². The van der Waals surface area contributed by atoms with Gasteiger partial charge in [-0.1, -0.05) is 23.2 Å². The third-order valence-electron chi connectivity index (χ3n) is 2.69. The van der Waals surface area contributed by atoms with Gasteiger partial charge >= 0.3 is 0 Å². The molecule has 0 amide bonds. The fraction of sp³-hybridized carbons (Fsp3) is 0.357. The van der Waals surface area contributed by atoms with Crippen molar-refractivity contribution in [3.05, 3.63) is 39.5 Å². The van der Waals surface area contributed by atoms with Gasteiger partial charge < -0.3 is 5.73 Å². The monoisotopic (exact) mass is 282 g/mol. The summed E-state index contributed by atoms with van der Waals surface area (Å²) in [7, 11) is 0. The Hall–Kier alpha value is -0.830. The van der Waals surface area contributed by atoms with Gasteiger partial charge in [-0.3, -0.25) is 4.98 Å². The first-order valence-electron chi connectivity index (χ1n) is 5.80. The third-order valence-corrected chi connectivity index (χ3v) is 3.20. The quantitative estimate of drug-likeness (QED) is 0.900. The average molecular weight is 283 g/mol. The lowest BCUT2D eigenvalue weighted by molar-refractivity contribution is 0.518. The molecule has 2 nitrogen and oxygen atoms in total. The van der Waals surface area contributed by atoms with Gasteiger partial charge in [-0.2, -0.15) is 0 Å². The molecule has 0 bridgehead atoms. The van der Waals surface area contributed by atoms with E-state index in [1.165, 1.54) is 0 Å². The summed E-state index contributed by atoms with van der Waals surface area (Å²) in [5, 5.41) is 2.18. The number of aromatic nitrogens is 1. The molecule has 0 spiro atoms. The van der Waals surface area contributed by atoms with Crippen molar-refractivity contribution in [1.29, 1.82) is 0 Å². The lowest BCUT2D eigenvalue weighted by atomic mass is 9.93. The third kappa shape index (κ3) is 2.94. The summed E-state index contributed by atoms with van der Waals surface area (Å²) in [6.07, 6.45) is 0.754. The van der Waals surface area contributed by atoms with Crippen molar-refractivity contribution in [3.8, 4) is 0 Å². The molecule has 0 radical (unpaired) electrons. The second-order valence-electron chi connectivity index (χ2n) is 5.37. The SMILES string of the molecule is Cc1cc(CC(C)(C)N)c2cc(Cl)cc(Cl)c2n1. The molecular weight excluding hydrogens is 267 g/mol. The molecule has 0 fully saturated rings. The molecule has 1 aromatic heterocycles. The zero-order valence-corrected chi connectivity index (χ0v) is 12.2. The average Bonchev–Trinajstić information content (AvgIpc) is 2.17. The Morgan fingerprint density at radius 2 is 1.89 bits per heavy atom. The number of hydrogen-bond donors (Lipinski definition) is 1. The Labute approximate surface area is 117 Å². The van der Waals surface area contributed by atoms with Gasteiger partial charge in [-0.05, 0) is 51.0 Å². The van der Waals surface area contributed by atoms with Crippen molar-refractivity contribution in [3.63, 3.8) is 0 Å². The largest absolute Gasteiger partial charge is 0.325 e. The van der Waals surface area contributed by atoms with Gasteiger partial charge in [0.2, 0.25) is 0 Å². The normalized spacial score (nSPS) is 12.1. The highest BCUT2D eigenvalue weighted by Gasteiger charge is 2.16. The maximum atomic E-state index is 6.20. The van der Waals surface area contributed by atoms with Crippen LogP contribution in [-0.2, 0) is 6.42 Å². The molecule has 1 aromatic carbocycles. The maximum Gasteiger partial charge on any atom is 0.0895 e. The Morgan fingerprint density at radius 3 is 2.50 bits per heavy atom. The van der Waals surface area contributed by atoms with Crippen molar-refractivity contribution in [2.45, 2.75) is 32.7 Å². The maximum absolute atomic E-state index is 6.20. The van der Waals surface area contributed by atoms with Crippen LogP contribution in [0.1, 0.15) is 25.1 Å². The van der Waals surface area contributed by atoms with Crippen LogP contribution < -0.4 is 5.73 Å². The molecule has 0 saturated heterocycles. The Bertz CT molecular complexity index is 601. The van der Waals surface area contributed by atoms with Crippen LogP contribution >= 0.6 is 23.2 Å². The summed E-state index contributed by atoms with van der Waals surface area (Å²) in [5.41, 5.74) is 8.68. The van der Waals surface area contributed by atoms with E-state index in [0.717, 1.165) is 28.6 Å². The summed E-state index contributed by atoms with van der Waals surface area (Å²) in [5.74, 6) is 0. The molecule has 96 valence electrons. The first kappa shape index (κ1) is 13.6. The molecule has 0 saturated carbocycles. The van der Waals surface area contributed by atoms with Gasteiger partial charge in [0.25, 0.3) is 0 Å². The minimum Gasteiger partial charge on any atom is -0.325 e. The highest BCUT2D eigenvalue weighted by Crippen LogP contribution is 2.30. The number of aryl methyl sites for hydroxylation is 1. The van der Waals surface area contributed by atoms with E-state index in [0.29, 0.717) is 10.0 Å². The second-order valence-corrected chi connectivity index (χ2v) is 6.22. The Balaban J connectivity index is 2.72. The molecule has 0 unspecified atom stereocenters. The van der Waals surface area contributed by atoms with E-state index in [1.807, 2.05) is 32.9 Å².